The zero-order valence-corrected chi connectivity index (χ0v) is 15.3. The Balaban J connectivity index is 2.19. The van der Waals surface area contributed by atoms with E-state index in [9.17, 15) is 14.7 Å². The Morgan fingerprint density at radius 2 is 1.65 bits per heavy atom. The SMILES string of the molecule is CC(C)(C)c1ccc(C(=O)Nc2ccc(I)c(C(=O)[O-])c2)cc1. The van der Waals surface area contributed by atoms with Crippen molar-refractivity contribution in [2.75, 3.05) is 5.32 Å². The van der Waals surface area contributed by atoms with E-state index in [0.717, 1.165) is 5.56 Å². The summed E-state index contributed by atoms with van der Waals surface area (Å²) in [5.41, 5.74) is 2.17. The summed E-state index contributed by atoms with van der Waals surface area (Å²) in [6.45, 7) is 6.32. The van der Waals surface area contributed by atoms with E-state index in [1.165, 1.54) is 6.07 Å². The maximum Gasteiger partial charge on any atom is 0.255 e. The minimum Gasteiger partial charge on any atom is -0.545 e. The van der Waals surface area contributed by atoms with E-state index in [-0.39, 0.29) is 16.9 Å². The van der Waals surface area contributed by atoms with E-state index in [1.54, 1.807) is 24.3 Å². The van der Waals surface area contributed by atoms with Gasteiger partial charge in [-0.1, -0.05) is 32.9 Å². The molecule has 0 aliphatic carbocycles. The van der Waals surface area contributed by atoms with Gasteiger partial charge in [-0.2, -0.15) is 0 Å². The molecule has 23 heavy (non-hydrogen) atoms. The van der Waals surface area contributed by atoms with Crippen LogP contribution >= 0.6 is 22.6 Å². The number of carbonyl (C=O) groups is 2. The van der Waals surface area contributed by atoms with Gasteiger partial charge in [0.2, 0.25) is 0 Å². The second-order valence-corrected chi connectivity index (χ2v) is 7.43. The molecule has 0 bridgehead atoms. The molecule has 0 saturated carbocycles. The highest BCUT2D eigenvalue weighted by Gasteiger charge is 2.14. The Morgan fingerprint density at radius 3 is 2.17 bits per heavy atom. The summed E-state index contributed by atoms with van der Waals surface area (Å²) in [5.74, 6) is -1.55. The van der Waals surface area contributed by atoms with Crippen molar-refractivity contribution in [2.24, 2.45) is 0 Å². The number of aromatic carboxylic acids is 1. The fraction of sp³-hybridized carbons (Fsp3) is 0.222. The molecule has 2 rings (SSSR count). The number of nitrogens with one attached hydrogen (secondary N) is 1. The van der Waals surface area contributed by atoms with Gasteiger partial charge in [-0.05, 0) is 63.9 Å². The van der Waals surface area contributed by atoms with Crippen molar-refractivity contribution < 1.29 is 14.7 Å². The van der Waals surface area contributed by atoms with Gasteiger partial charge in [0.15, 0.2) is 0 Å². The molecule has 0 saturated heterocycles. The predicted molar refractivity (Wildman–Crippen MR) is 96.6 cm³/mol. The number of carboxylic acids is 1. The molecule has 1 amide bonds. The number of carboxylic acid groups (broad SMARTS) is 1. The standard InChI is InChI=1S/C18H18INO3/c1-18(2,3)12-6-4-11(5-7-12)16(21)20-13-8-9-15(19)14(10-13)17(22)23/h4-10H,1-3H3,(H,20,21)(H,22,23)/p-1. The molecule has 0 radical (unpaired) electrons. The van der Waals surface area contributed by atoms with Crippen LogP contribution in [0.1, 0.15) is 47.1 Å². The summed E-state index contributed by atoms with van der Waals surface area (Å²) in [6.07, 6.45) is 0. The first-order valence-electron chi connectivity index (χ1n) is 7.11. The van der Waals surface area contributed by atoms with Crippen LogP contribution in [0.2, 0.25) is 0 Å². The summed E-state index contributed by atoms with van der Waals surface area (Å²) in [6, 6.07) is 12.1. The number of carbonyl (C=O) groups excluding carboxylic acids is 2. The monoisotopic (exact) mass is 422 g/mol. The maximum atomic E-state index is 12.3. The molecule has 5 heteroatoms. The normalized spacial score (nSPS) is 11.1. The van der Waals surface area contributed by atoms with Crippen LogP contribution in [-0.4, -0.2) is 11.9 Å². The molecule has 1 N–H and O–H groups in total. The average Bonchev–Trinajstić information content (AvgIpc) is 2.48. The second-order valence-electron chi connectivity index (χ2n) is 6.26. The topological polar surface area (TPSA) is 69.2 Å². The Bertz CT molecular complexity index is 746. The van der Waals surface area contributed by atoms with Gasteiger partial charge in [-0.3, -0.25) is 4.79 Å². The fourth-order valence-corrected chi connectivity index (χ4v) is 2.64. The molecule has 0 aromatic heterocycles. The van der Waals surface area contributed by atoms with E-state index in [4.69, 9.17) is 0 Å². The van der Waals surface area contributed by atoms with Crippen molar-refractivity contribution in [1.82, 2.24) is 0 Å². The van der Waals surface area contributed by atoms with Crippen molar-refractivity contribution in [3.8, 4) is 0 Å². The van der Waals surface area contributed by atoms with Gasteiger partial charge in [0, 0.05) is 20.4 Å². The zero-order chi connectivity index (χ0) is 17.2. The smallest absolute Gasteiger partial charge is 0.255 e. The van der Waals surface area contributed by atoms with Gasteiger partial charge >= 0.3 is 0 Å². The number of hydrogen-bond donors (Lipinski definition) is 1. The van der Waals surface area contributed by atoms with Crippen LogP contribution in [-0.2, 0) is 5.41 Å². The molecular weight excluding hydrogens is 405 g/mol. The van der Waals surface area contributed by atoms with Crippen LogP contribution in [0.4, 0.5) is 5.69 Å². The first-order valence-corrected chi connectivity index (χ1v) is 8.19. The van der Waals surface area contributed by atoms with Crippen molar-refractivity contribution in [3.05, 3.63) is 62.7 Å². The summed E-state index contributed by atoms with van der Waals surface area (Å²) >= 11 is 1.91. The van der Waals surface area contributed by atoms with E-state index < -0.39 is 5.97 Å². The highest BCUT2D eigenvalue weighted by atomic mass is 127. The predicted octanol–water partition coefficient (Wildman–Crippen LogP) is 3.20. The first kappa shape index (κ1) is 17.5. The molecule has 0 atom stereocenters. The molecule has 4 nitrogen and oxygen atoms in total. The van der Waals surface area contributed by atoms with Crippen LogP contribution in [0, 0.1) is 3.57 Å². The van der Waals surface area contributed by atoms with Crippen LogP contribution < -0.4 is 10.4 Å². The number of anilines is 1. The highest BCUT2D eigenvalue weighted by Crippen LogP contribution is 2.23. The van der Waals surface area contributed by atoms with Gasteiger partial charge in [0.05, 0.1) is 5.97 Å². The average molecular weight is 422 g/mol. The van der Waals surface area contributed by atoms with Crippen molar-refractivity contribution >= 4 is 40.2 Å². The number of rotatable bonds is 3. The molecule has 2 aromatic rings. The van der Waals surface area contributed by atoms with Gasteiger partial charge in [-0.25, -0.2) is 0 Å². The minimum atomic E-state index is -1.26. The third-order valence-electron chi connectivity index (χ3n) is 3.46. The Hall–Kier alpha value is -1.89. The summed E-state index contributed by atoms with van der Waals surface area (Å²) in [5, 5.41) is 13.7. The first-order chi connectivity index (χ1) is 10.7. The molecule has 0 spiro atoms. The minimum absolute atomic E-state index is 0.0223. The van der Waals surface area contributed by atoms with Crippen LogP contribution in [0.5, 0.6) is 0 Å². The Morgan fingerprint density at radius 1 is 1.04 bits per heavy atom. The fourth-order valence-electron chi connectivity index (χ4n) is 2.08. The number of halogens is 1. The van der Waals surface area contributed by atoms with E-state index in [1.807, 2.05) is 34.7 Å². The largest absolute Gasteiger partial charge is 0.545 e. The molecule has 2 aromatic carbocycles. The van der Waals surface area contributed by atoms with Gasteiger partial charge in [0.25, 0.3) is 5.91 Å². The molecule has 0 unspecified atom stereocenters. The molecule has 0 fully saturated rings. The second kappa shape index (κ2) is 6.70. The lowest BCUT2D eigenvalue weighted by Crippen LogP contribution is -2.23. The molecule has 120 valence electrons. The third-order valence-corrected chi connectivity index (χ3v) is 4.40. The Labute approximate surface area is 149 Å². The van der Waals surface area contributed by atoms with E-state index in [0.29, 0.717) is 14.8 Å². The van der Waals surface area contributed by atoms with Gasteiger partial charge < -0.3 is 15.2 Å². The van der Waals surface area contributed by atoms with Crippen LogP contribution in [0.25, 0.3) is 0 Å². The van der Waals surface area contributed by atoms with Crippen molar-refractivity contribution in [3.63, 3.8) is 0 Å². The lowest BCUT2D eigenvalue weighted by molar-refractivity contribution is -0.255. The summed E-state index contributed by atoms with van der Waals surface area (Å²) in [7, 11) is 0. The molecule has 0 heterocycles. The number of amides is 1. The Kier molecular flexibility index (Phi) is 5.09. The number of benzene rings is 2. The van der Waals surface area contributed by atoms with Crippen LogP contribution in [0.3, 0.4) is 0 Å². The molecular formula is C18H17INO3-. The quantitative estimate of drug-likeness (QED) is 0.773. The third kappa shape index (κ3) is 4.31. The zero-order valence-electron chi connectivity index (χ0n) is 13.1. The van der Waals surface area contributed by atoms with Crippen molar-refractivity contribution in [1.29, 1.82) is 0 Å². The van der Waals surface area contributed by atoms with Gasteiger partial charge in [0.1, 0.15) is 0 Å². The lowest BCUT2D eigenvalue weighted by Gasteiger charge is -2.19. The molecule has 0 aliphatic heterocycles. The van der Waals surface area contributed by atoms with Gasteiger partial charge in [-0.15, -0.1) is 0 Å². The van der Waals surface area contributed by atoms with E-state index >= 15 is 0 Å². The summed E-state index contributed by atoms with van der Waals surface area (Å²) < 4.78 is 0.565. The highest BCUT2D eigenvalue weighted by molar-refractivity contribution is 14.1. The van der Waals surface area contributed by atoms with Crippen LogP contribution in [0.15, 0.2) is 42.5 Å². The number of hydrogen-bond acceptors (Lipinski definition) is 3. The summed E-state index contributed by atoms with van der Waals surface area (Å²) in [4.78, 5) is 23.3. The molecule has 0 aliphatic rings. The van der Waals surface area contributed by atoms with E-state index in [2.05, 4.69) is 26.1 Å². The van der Waals surface area contributed by atoms with Crippen molar-refractivity contribution in [2.45, 2.75) is 26.2 Å². The lowest BCUT2D eigenvalue weighted by atomic mass is 9.87. The maximum absolute atomic E-state index is 12.3.